The lowest BCUT2D eigenvalue weighted by molar-refractivity contribution is -0.145. The summed E-state index contributed by atoms with van der Waals surface area (Å²) in [6.07, 6.45) is 5.83. The Hall–Kier alpha value is -0.750. The number of aliphatic hydroxyl groups is 3. The van der Waals surface area contributed by atoms with Crippen LogP contribution in [0, 0.1) is 35.0 Å². The first kappa shape index (κ1) is 19.0. The summed E-state index contributed by atoms with van der Waals surface area (Å²) in [6, 6.07) is -0.727. The van der Waals surface area contributed by atoms with Gasteiger partial charge in [0.05, 0.1) is 24.7 Å². The number of carbonyl (C=O) groups excluding carboxylic acids is 1. The molecule has 3 aliphatic rings. The molecule has 0 aromatic carbocycles. The zero-order chi connectivity index (χ0) is 18.5. The van der Waals surface area contributed by atoms with Gasteiger partial charge in [0.1, 0.15) is 6.23 Å². The molecule has 0 amide bonds. The molecule has 0 spiro atoms. The Morgan fingerprint density at radius 2 is 2.00 bits per heavy atom. The fourth-order valence-electron chi connectivity index (χ4n) is 5.68. The van der Waals surface area contributed by atoms with Gasteiger partial charge < -0.3 is 15.3 Å². The van der Waals surface area contributed by atoms with E-state index in [4.69, 9.17) is 0 Å². The van der Waals surface area contributed by atoms with Gasteiger partial charge in [0.25, 0.3) is 0 Å². The monoisotopic (exact) mass is 351 g/mol. The first-order valence-corrected chi connectivity index (χ1v) is 9.64. The Balaban J connectivity index is 1.93. The summed E-state index contributed by atoms with van der Waals surface area (Å²) < 4.78 is 0. The van der Waals surface area contributed by atoms with Crippen molar-refractivity contribution in [2.45, 2.75) is 58.4 Å². The number of fused-ring (bicyclic) bond motifs is 1. The van der Waals surface area contributed by atoms with Gasteiger partial charge in [-0.1, -0.05) is 39.3 Å². The Bertz CT molecular complexity index is 550. The Kier molecular flexibility index (Phi) is 5.15. The van der Waals surface area contributed by atoms with Gasteiger partial charge >= 0.3 is 0 Å². The summed E-state index contributed by atoms with van der Waals surface area (Å²) >= 11 is 0. The van der Waals surface area contributed by atoms with Gasteiger partial charge in [-0.15, -0.1) is 0 Å². The van der Waals surface area contributed by atoms with E-state index in [0.717, 1.165) is 19.3 Å². The molecule has 5 heteroatoms. The maximum absolute atomic E-state index is 12.8. The van der Waals surface area contributed by atoms with Gasteiger partial charge in [0.15, 0.2) is 5.78 Å². The van der Waals surface area contributed by atoms with Crippen molar-refractivity contribution in [1.82, 2.24) is 4.90 Å². The van der Waals surface area contributed by atoms with E-state index in [1.807, 2.05) is 0 Å². The molecule has 0 radical (unpaired) electrons. The van der Waals surface area contributed by atoms with Crippen LogP contribution in [0.15, 0.2) is 12.2 Å². The summed E-state index contributed by atoms with van der Waals surface area (Å²) in [4.78, 5) is 14.3. The molecule has 3 rings (SSSR count). The molecule has 9 atom stereocenters. The Morgan fingerprint density at radius 3 is 2.60 bits per heavy atom. The molecule has 142 valence electrons. The Morgan fingerprint density at radius 1 is 1.32 bits per heavy atom. The summed E-state index contributed by atoms with van der Waals surface area (Å²) in [6.45, 7) is 6.14. The molecular weight excluding hydrogens is 318 g/mol. The van der Waals surface area contributed by atoms with E-state index in [1.165, 1.54) is 4.90 Å². The Labute approximate surface area is 150 Å². The molecule has 0 aromatic rings. The second kappa shape index (κ2) is 6.76. The number of hydrogen-bond acceptors (Lipinski definition) is 5. The second-order valence-electron chi connectivity index (χ2n) is 8.88. The van der Waals surface area contributed by atoms with Crippen LogP contribution < -0.4 is 0 Å². The highest BCUT2D eigenvalue weighted by Gasteiger charge is 2.58. The highest BCUT2D eigenvalue weighted by molar-refractivity contribution is 5.89. The molecule has 0 bridgehead atoms. The van der Waals surface area contributed by atoms with Crippen LogP contribution in [0.25, 0.3) is 0 Å². The fraction of sp³-hybridized carbons (Fsp3) is 0.850. The predicted molar refractivity (Wildman–Crippen MR) is 95.6 cm³/mol. The molecule has 1 saturated heterocycles. The van der Waals surface area contributed by atoms with Gasteiger partial charge in [-0.3, -0.25) is 9.69 Å². The quantitative estimate of drug-likeness (QED) is 0.670. The van der Waals surface area contributed by atoms with Gasteiger partial charge in [-0.25, -0.2) is 0 Å². The molecule has 25 heavy (non-hydrogen) atoms. The largest absolute Gasteiger partial charge is 0.394 e. The molecule has 1 heterocycles. The number of rotatable bonds is 3. The predicted octanol–water partition coefficient (Wildman–Crippen LogP) is 1.42. The normalized spacial score (nSPS) is 49.2. The van der Waals surface area contributed by atoms with Crippen LogP contribution in [-0.2, 0) is 4.79 Å². The maximum atomic E-state index is 12.8. The van der Waals surface area contributed by atoms with Crippen molar-refractivity contribution in [2.75, 3.05) is 13.7 Å². The lowest BCUT2D eigenvalue weighted by Crippen LogP contribution is -2.55. The van der Waals surface area contributed by atoms with E-state index >= 15 is 0 Å². The smallest absolute Gasteiger partial charge is 0.162 e. The van der Waals surface area contributed by atoms with Crippen LogP contribution in [0.5, 0.6) is 0 Å². The maximum Gasteiger partial charge on any atom is 0.162 e. The van der Waals surface area contributed by atoms with Crippen molar-refractivity contribution in [3.8, 4) is 0 Å². The standard InChI is InChI=1S/C20H33NO4/c1-11-5-8-14-13(9-11)7-6-12(2)20(14,3)18(24)16-17(23)15(10-22)21(4)19(16)25/h6-7,11-16,18-19,22,24-25H,5,8-10H2,1-4H3/t11-,12-,13+,14+,15+,16?,18-,19?,20+/m0/s1. The molecule has 5 nitrogen and oxygen atoms in total. The van der Waals surface area contributed by atoms with E-state index in [9.17, 15) is 20.1 Å². The molecule has 2 fully saturated rings. The van der Waals surface area contributed by atoms with E-state index in [1.54, 1.807) is 7.05 Å². The number of Topliss-reactive ketones (excluding diaryl/α,β-unsaturated/α-hetero) is 1. The summed E-state index contributed by atoms with van der Waals surface area (Å²) in [7, 11) is 1.63. The van der Waals surface area contributed by atoms with Crippen molar-refractivity contribution in [3.63, 3.8) is 0 Å². The third-order valence-electron chi connectivity index (χ3n) is 7.63. The molecule has 3 N–H and O–H groups in total. The number of hydrogen-bond donors (Lipinski definition) is 3. The number of likely N-dealkylation sites (N-methyl/N-ethyl adjacent to an activating group) is 1. The van der Waals surface area contributed by atoms with Crippen LogP contribution in [0.4, 0.5) is 0 Å². The number of allylic oxidation sites excluding steroid dienone is 2. The fourth-order valence-corrected chi connectivity index (χ4v) is 5.68. The number of ketones is 1. The number of carbonyl (C=O) groups is 1. The van der Waals surface area contributed by atoms with Crippen molar-refractivity contribution in [2.24, 2.45) is 35.0 Å². The average molecular weight is 351 g/mol. The van der Waals surface area contributed by atoms with Gasteiger partial charge in [-0.2, -0.15) is 0 Å². The SMILES string of the molecule is C[C@H]1CC[C@@H]2[C@H](C=C[C@H](C)[C@@]2(C)[C@@H](O)C2C(=O)[C@@H](CO)N(C)C2O)C1. The highest BCUT2D eigenvalue weighted by atomic mass is 16.3. The molecule has 2 unspecified atom stereocenters. The minimum atomic E-state index is -1.05. The third-order valence-corrected chi connectivity index (χ3v) is 7.63. The lowest BCUT2D eigenvalue weighted by atomic mass is 9.52. The average Bonchev–Trinajstić information content (AvgIpc) is 2.79. The van der Waals surface area contributed by atoms with Crippen molar-refractivity contribution < 1.29 is 20.1 Å². The summed E-state index contributed by atoms with van der Waals surface area (Å²) in [5.74, 6) is 0.464. The van der Waals surface area contributed by atoms with Crippen LogP contribution >= 0.6 is 0 Å². The van der Waals surface area contributed by atoms with Crippen molar-refractivity contribution >= 4 is 5.78 Å². The number of likely N-dealkylation sites (tertiary alicyclic amines) is 1. The van der Waals surface area contributed by atoms with Crippen LogP contribution in [0.1, 0.15) is 40.0 Å². The van der Waals surface area contributed by atoms with Crippen LogP contribution in [0.2, 0.25) is 0 Å². The summed E-state index contributed by atoms with van der Waals surface area (Å²) in [5, 5.41) is 31.4. The van der Waals surface area contributed by atoms with Gasteiger partial charge in [0.2, 0.25) is 0 Å². The summed E-state index contributed by atoms with van der Waals surface area (Å²) in [5.41, 5.74) is -0.452. The van der Waals surface area contributed by atoms with E-state index in [-0.39, 0.29) is 18.3 Å². The number of nitrogens with zero attached hydrogens (tertiary/aromatic N) is 1. The zero-order valence-corrected chi connectivity index (χ0v) is 15.8. The van der Waals surface area contributed by atoms with Crippen LogP contribution in [-0.4, -0.2) is 58.0 Å². The molecule has 1 saturated carbocycles. The topological polar surface area (TPSA) is 81.0 Å². The van der Waals surface area contributed by atoms with E-state index < -0.39 is 29.7 Å². The first-order chi connectivity index (χ1) is 11.7. The second-order valence-corrected chi connectivity index (χ2v) is 8.88. The minimum Gasteiger partial charge on any atom is -0.394 e. The molecule has 1 aliphatic heterocycles. The molecule has 2 aliphatic carbocycles. The molecule has 0 aromatic heterocycles. The third kappa shape index (κ3) is 2.80. The van der Waals surface area contributed by atoms with E-state index in [0.29, 0.717) is 17.8 Å². The lowest BCUT2D eigenvalue weighted by Gasteiger charge is -2.54. The van der Waals surface area contributed by atoms with Crippen molar-refractivity contribution in [1.29, 1.82) is 0 Å². The van der Waals surface area contributed by atoms with Gasteiger partial charge in [0, 0.05) is 5.41 Å². The molecular formula is C20H33NO4. The van der Waals surface area contributed by atoms with Crippen LogP contribution in [0.3, 0.4) is 0 Å². The minimum absolute atomic E-state index is 0.135. The van der Waals surface area contributed by atoms with Gasteiger partial charge in [-0.05, 0) is 43.6 Å². The zero-order valence-electron chi connectivity index (χ0n) is 15.8. The first-order valence-electron chi connectivity index (χ1n) is 9.64. The van der Waals surface area contributed by atoms with E-state index in [2.05, 4.69) is 32.9 Å². The van der Waals surface area contributed by atoms with Crippen molar-refractivity contribution in [3.05, 3.63) is 12.2 Å². The highest BCUT2D eigenvalue weighted by Crippen LogP contribution is 2.55. The number of aliphatic hydroxyl groups excluding tert-OH is 3.